The van der Waals surface area contributed by atoms with Crippen molar-refractivity contribution in [2.45, 2.75) is 58.8 Å². The summed E-state index contributed by atoms with van der Waals surface area (Å²) in [6.45, 7) is 9.23. The predicted octanol–water partition coefficient (Wildman–Crippen LogP) is 4.84. The fourth-order valence-corrected chi connectivity index (χ4v) is 1.30. The Bertz CT molecular complexity index is 170. The van der Waals surface area contributed by atoms with E-state index in [0.717, 1.165) is 19.4 Å². The van der Waals surface area contributed by atoms with Gasteiger partial charge in [0.1, 0.15) is 0 Å². The number of hydrogen-bond acceptors (Lipinski definition) is 1. The summed E-state index contributed by atoms with van der Waals surface area (Å²) in [5, 5.41) is 0. The van der Waals surface area contributed by atoms with Crippen LogP contribution in [0.4, 0.5) is 0 Å². The van der Waals surface area contributed by atoms with Crippen molar-refractivity contribution in [1.29, 1.82) is 0 Å². The highest BCUT2D eigenvalue weighted by Crippen LogP contribution is 2.09. The number of allylic oxidation sites excluding steroid dienone is 2. The van der Waals surface area contributed by atoms with Crippen molar-refractivity contribution in [3.8, 4) is 0 Å². The Morgan fingerprint density at radius 3 is 2.47 bits per heavy atom. The van der Waals surface area contributed by atoms with E-state index in [1.165, 1.54) is 37.7 Å². The third-order valence-electron chi connectivity index (χ3n) is 2.37. The summed E-state index contributed by atoms with van der Waals surface area (Å²) in [5.74, 6) is 0. The van der Waals surface area contributed by atoms with Crippen LogP contribution in [0.1, 0.15) is 58.8 Å². The van der Waals surface area contributed by atoms with Gasteiger partial charge in [-0.1, -0.05) is 51.7 Å². The molecule has 0 radical (unpaired) electrons. The van der Waals surface area contributed by atoms with Crippen molar-refractivity contribution >= 4 is 0 Å². The van der Waals surface area contributed by atoms with Crippen LogP contribution >= 0.6 is 0 Å². The smallest absolute Gasteiger partial charge is 0.0873 e. The highest BCUT2D eigenvalue weighted by atomic mass is 16.5. The van der Waals surface area contributed by atoms with Crippen molar-refractivity contribution < 1.29 is 4.74 Å². The molecular weight excluding hydrogens is 184 g/mol. The minimum absolute atomic E-state index is 0.829. The van der Waals surface area contributed by atoms with Crippen LogP contribution < -0.4 is 0 Å². The molecule has 0 aliphatic rings. The zero-order valence-corrected chi connectivity index (χ0v) is 10.4. The monoisotopic (exact) mass is 210 g/mol. The van der Waals surface area contributed by atoms with E-state index >= 15 is 0 Å². The molecule has 0 heterocycles. The summed E-state index contributed by atoms with van der Waals surface area (Å²) in [5.41, 5.74) is 1.18. The van der Waals surface area contributed by atoms with Crippen LogP contribution in [-0.2, 0) is 4.74 Å². The van der Waals surface area contributed by atoms with Crippen LogP contribution in [0.3, 0.4) is 0 Å². The van der Waals surface area contributed by atoms with E-state index in [9.17, 15) is 0 Å². The van der Waals surface area contributed by atoms with Crippen LogP contribution in [0.5, 0.6) is 0 Å². The zero-order valence-electron chi connectivity index (χ0n) is 10.4. The quantitative estimate of drug-likeness (QED) is 0.285. The average molecular weight is 210 g/mol. The molecule has 0 saturated heterocycles. The Kier molecular flexibility index (Phi) is 10.8. The molecule has 0 aromatic rings. The first kappa shape index (κ1) is 14.3. The molecule has 0 fully saturated rings. The van der Waals surface area contributed by atoms with Gasteiger partial charge in [-0.2, -0.15) is 0 Å². The second kappa shape index (κ2) is 11.4. The number of rotatable bonds is 10. The first-order chi connectivity index (χ1) is 7.31. The van der Waals surface area contributed by atoms with Crippen molar-refractivity contribution in [1.82, 2.24) is 0 Å². The SMILES string of the molecule is C=C(/C=C\OCCCC)CCCCCC. The summed E-state index contributed by atoms with van der Waals surface area (Å²) < 4.78 is 5.33. The molecule has 0 aromatic carbocycles. The zero-order chi connectivity index (χ0) is 11.4. The molecule has 0 saturated carbocycles. The molecule has 0 amide bonds. The van der Waals surface area contributed by atoms with Gasteiger partial charge in [0.2, 0.25) is 0 Å². The van der Waals surface area contributed by atoms with E-state index < -0.39 is 0 Å². The molecule has 0 aromatic heterocycles. The van der Waals surface area contributed by atoms with Crippen LogP contribution in [0.15, 0.2) is 24.5 Å². The molecule has 0 spiro atoms. The Balaban J connectivity index is 3.31. The lowest BCUT2D eigenvalue weighted by atomic mass is 10.1. The second-order valence-corrected chi connectivity index (χ2v) is 4.00. The molecule has 15 heavy (non-hydrogen) atoms. The van der Waals surface area contributed by atoms with E-state index in [1.807, 2.05) is 6.08 Å². The van der Waals surface area contributed by atoms with Crippen LogP contribution in [0.25, 0.3) is 0 Å². The highest BCUT2D eigenvalue weighted by Gasteiger charge is 1.90. The molecule has 0 rings (SSSR count). The standard InChI is InChI=1S/C14H26O/c1-4-6-8-9-10-14(3)11-13-15-12-7-5-2/h11,13H,3-10,12H2,1-2H3/b13-11-. The maximum absolute atomic E-state index is 5.33. The lowest BCUT2D eigenvalue weighted by Crippen LogP contribution is -1.86. The minimum atomic E-state index is 0.829. The van der Waals surface area contributed by atoms with Crippen molar-refractivity contribution in [2.24, 2.45) is 0 Å². The Labute approximate surface area is 95.2 Å². The largest absolute Gasteiger partial charge is 0.501 e. The maximum atomic E-state index is 5.33. The topological polar surface area (TPSA) is 9.23 Å². The average Bonchev–Trinajstić information content (AvgIpc) is 2.24. The van der Waals surface area contributed by atoms with E-state index in [2.05, 4.69) is 20.4 Å². The van der Waals surface area contributed by atoms with E-state index in [-0.39, 0.29) is 0 Å². The lowest BCUT2D eigenvalue weighted by Gasteiger charge is -2.01. The van der Waals surface area contributed by atoms with Gasteiger partial charge < -0.3 is 4.74 Å². The van der Waals surface area contributed by atoms with Gasteiger partial charge >= 0.3 is 0 Å². The van der Waals surface area contributed by atoms with Gasteiger partial charge in [-0.05, 0) is 25.3 Å². The lowest BCUT2D eigenvalue weighted by molar-refractivity contribution is 0.243. The number of ether oxygens (including phenoxy) is 1. The van der Waals surface area contributed by atoms with Crippen LogP contribution in [0.2, 0.25) is 0 Å². The Morgan fingerprint density at radius 1 is 1.07 bits per heavy atom. The predicted molar refractivity (Wildman–Crippen MR) is 67.9 cm³/mol. The summed E-state index contributed by atoms with van der Waals surface area (Å²) in [6.07, 6.45) is 12.4. The van der Waals surface area contributed by atoms with E-state index in [4.69, 9.17) is 4.74 Å². The first-order valence-electron chi connectivity index (χ1n) is 6.27. The van der Waals surface area contributed by atoms with Gasteiger partial charge in [-0.25, -0.2) is 0 Å². The van der Waals surface area contributed by atoms with Crippen molar-refractivity contribution in [3.63, 3.8) is 0 Å². The van der Waals surface area contributed by atoms with Crippen LogP contribution in [-0.4, -0.2) is 6.61 Å². The van der Waals surface area contributed by atoms with E-state index in [0.29, 0.717) is 0 Å². The van der Waals surface area contributed by atoms with Gasteiger partial charge in [-0.3, -0.25) is 0 Å². The fraction of sp³-hybridized carbons (Fsp3) is 0.714. The molecule has 1 heteroatoms. The molecular formula is C14H26O. The van der Waals surface area contributed by atoms with Gasteiger partial charge in [-0.15, -0.1) is 0 Å². The second-order valence-electron chi connectivity index (χ2n) is 4.00. The molecule has 0 unspecified atom stereocenters. The summed E-state index contributed by atoms with van der Waals surface area (Å²) in [4.78, 5) is 0. The molecule has 0 N–H and O–H groups in total. The summed E-state index contributed by atoms with van der Waals surface area (Å²) >= 11 is 0. The highest BCUT2D eigenvalue weighted by molar-refractivity contribution is 5.12. The third kappa shape index (κ3) is 11.2. The van der Waals surface area contributed by atoms with E-state index in [1.54, 1.807) is 6.26 Å². The fourth-order valence-electron chi connectivity index (χ4n) is 1.30. The number of hydrogen-bond donors (Lipinski definition) is 0. The Morgan fingerprint density at radius 2 is 1.80 bits per heavy atom. The van der Waals surface area contributed by atoms with Gasteiger partial charge in [0, 0.05) is 0 Å². The molecule has 1 nitrogen and oxygen atoms in total. The normalized spacial score (nSPS) is 10.8. The summed E-state index contributed by atoms with van der Waals surface area (Å²) in [7, 11) is 0. The molecule has 0 atom stereocenters. The van der Waals surface area contributed by atoms with Gasteiger partial charge in [0.05, 0.1) is 12.9 Å². The molecule has 0 bridgehead atoms. The number of unbranched alkanes of at least 4 members (excludes halogenated alkanes) is 4. The Hall–Kier alpha value is -0.720. The maximum Gasteiger partial charge on any atom is 0.0873 e. The van der Waals surface area contributed by atoms with Gasteiger partial charge in [0.25, 0.3) is 0 Å². The minimum Gasteiger partial charge on any atom is -0.501 e. The summed E-state index contributed by atoms with van der Waals surface area (Å²) in [6, 6.07) is 0. The van der Waals surface area contributed by atoms with Gasteiger partial charge in [0.15, 0.2) is 0 Å². The first-order valence-corrected chi connectivity index (χ1v) is 6.27. The van der Waals surface area contributed by atoms with Crippen LogP contribution in [0, 0.1) is 0 Å². The van der Waals surface area contributed by atoms with Crippen molar-refractivity contribution in [3.05, 3.63) is 24.5 Å². The third-order valence-corrected chi connectivity index (χ3v) is 2.37. The molecule has 0 aliphatic heterocycles. The molecule has 88 valence electrons. The molecule has 0 aliphatic carbocycles. The van der Waals surface area contributed by atoms with Crippen molar-refractivity contribution in [2.75, 3.05) is 6.61 Å².